The van der Waals surface area contributed by atoms with Crippen molar-refractivity contribution in [2.24, 2.45) is 0 Å². The van der Waals surface area contributed by atoms with E-state index in [-0.39, 0.29) is 5.91 Å². The van der Waals surface area contributed by atoms with Crippen LogP contribution in [0.25, 0.3) is 0 Å². The molecule has 1 aliphatic heterocycles. The highest BCUT2D eigenvalue weighted by atomic mass is 32.2. The topological polar surface area (TPSA) is 47.6 Å². The highest BCUT2D eigenvalue weighted by Crippen LogP contribution is 2.34. The molecule has 0 radical (unpaired) electrons. The Hall–Kier alpha value is -1.62. The minimum Gasteiger partial charge on any atom is -0.486 e. The predicted molar refractivity (Wildman–Crippen MR) is 86.1 cm³/mol. The molecule has 0 saturated carbocycles. The molecule has 1 heterocycles. The molecule has 0 saturated heterocycles. The second-order valence-electron chi connectivity index (χ2n) is 5.34. The van der Waals surface area contributed by atoms with Gasteiger partial charge in [0.15, 0.2) is 11.5 Å². The molecule has 0 bridgehead atoms. The van der Waals surface area contributed by atoms with Gasteiger partial charge in [-0.25, -0.2) is 0 Å². The van der Waals surface area contributed by atoms with Crippen molar-refractivity contribution in [3.05, 3.63) is 36.4 Å². The molecule has 0 aromatic heterocycles. The van der Waals surface area contributed by atoms with Crippen molar-refractivity contribution in [2.75, 3.05) is 24.7 Å². The van der Waals surface area contributed by atoms with Crippen molar-refractivity contribution in [3.8, 4) is 11.5 Å². The van der Waals surface area contributed by atoms with Crippen molar-refractivity contribution in [3.63, 3.8) is 0 Å². The van der Waals surface area contributed by atoms with Crippen LogP contribution in [0, 0.1) is 0 Å². The van der Waals surface area contributed by atoms with E-state index in [1.54, 1.807) is 17.8 Å². The summed E-state index contributed by atoms with van der Waals surface area (Å²) in [4.78, 5) is 12.0. The molecule has 0 unspecified atom stereocenters. The lowest BCUT2D eigenvalue weighted by Gasteiger charge is -2.28. The lowest BCUT2D eigenvalue weighted by molar-refractivity contribution is -0.120. The zero-order chi connectivity index (χ0) is 15.3. The number of fused-ring (bicyclic) bond motifs is 1. The molecule has 0 spiro atoms. The molecule has 1 aromatic rings. The Morgan fingerprint density at radius 3 is 2.81 bits per heavy atom. The number of thioether (sulfide) groups is 1. The van der Waals surface area contributed by atoms with Crippen LogP contribution in [0.5, 0.6) is 11.5 Å². The van der Waals surface area contributed by atoms with Crippen LogP contribution in [0.2, 0.25) is 0 Å². The van der Waals surface area contributed by atoms with Crippen LogP contribution in [-0.2, 0) is 10.3 Å². The summed E-state index contributed by atoms with van der Waals surface area (Å²) < 4.78 is 11.1. The van der Waals surface area contributed by atoms with Gasteiger partial charge in [-0.1, -0.05) is 12.1 Å². The summed E-state index contributed by atoms with van der Waals surface area (Å²) in [6, 6.07) is 5.79. The maximum absolute atomic E-state index is 12.0. The predicted octanol–water partition coefficient (Wildman–Crippen LogP) is 2.73. The first-order valence-corrected chi connectivity index (χ1v) is 8.08. The van der Waals surface area contributed by atoms with Crippen LogP contribution >= 0.6 is 11.8 Å². The average Bonchev–Trinajstić information content (AvgIpc) is 2.46. The van der Waals surface area contributed by atoms with Crippen LogP contribution in [0.1, 0.15) is 19.4 Å². The second-order valence-corrected chi connectivity index (χ2v) is 6.37. The molecule has 114 valence electrons. The van der Waals surface area contributed by atoms with Crippen LogP contribution in [0.3, 0.4) is 0 Å². The average molecular weight is 307 g/mol. The van der Waals surface area contributed by atoms with Crippen molar-refractivity contribution in [1.29, 1.82) is 0 Å². The Labute approximate surface area is 129 Å². The maximum atomic E-state index is 12.0. The van der Waals surface area contributed by atoms with Gasteiger partial charge < -0.3 is 14.8 Å². The Kier molecular flexibility index (Phi) is 5.17. The van der Waals surface area contributed by atoms with Crippen LogP contribution in [0.15, 0.2) is 30.9 Å². The highest BCUT2D eigenvalue weighted by Gasteiger charge is 2.25. The van der Waals surface area contributed by atoms with E-state index in [1.165, 1.54) is 0 Å². The third kappa shape index (κ3) is 4.17. The summed E-state index contributed by atoms with van der Waals surface area (Å²) in [6.07, 6.45) is 1.80. The number of amides is 1. The fourth-order valence-electron chi connectivity index (χ4n) is 2.12. The van der Waals surface area contributed by atoms with E-state index in [0.717, 1.165) is 22.8 Å². The van der Waals surface area contributed by atoms with Crippen LogP contribution < -0.4 is 14.8 Å². The summed E-state index contributed by atoms with van der Waals surface area (Å²) in [6.45, 7) is 8.74. The van der Waals surface area contributed by atoms with E-state index < -0.39 is 5.54 Å². The van der Waals surface area contributed by atoms with Crippen LogP contribution in [-0.4, -0.2) is 30.6 Å². The molecule has 1 N–H and O–H groups in total. The molecule has 0 fully saturated rings. The molecule has 0 atom stereocenters. The molecule has 1 aliphatic rings. The monoisotopic (exact) mass is 307 g/mol. The molecule has 2 rings (SSSR count). The molecule has 21 heavy (non-hydrogen) atoms. The number of nitrogens with one attached hydrogen (secondary N) is 1. The van der Waals surface area contributed by atoms with E-state index in [4.69, 9.17) is 9.47 Å². The number of hydrogen-bond donors (Lipinski definition) is 1. The van der Waals surface area contributed by atoms with Crippen LogP contribution in [0.4, 0.5) is 0 Å². The Morgan fingerprint density at radius 1 is 1.38 bits per heavy atom. The highest BCUT2D eigenvalue weighted by molar-refractivity contribution is 8.00. The SMILES string of the molecule is C=CCSCC(=O)NC(C)(C)c1ccc2c(c1)OCCO2. The molecule has 1 amide bonds. The first kappa shape index (κ1) is 15.8. The van der Waals surface area contributed by atoms with E-state index >= 15 is 0 Å². The molecule has 1 aromatic carbocycles. The van der Waals surface area contributed by atoms with Gasteiger partial charge in [0, 0.05) is 5.75 Å². The summed E-state index contributed by atoms with van der Waals surface area (Å²) in [5.41, 5.74) is 0.538. The van der Waals surface area contributed by atoms with Gasteiger partial charge in [0.25, 0.3) is 0 Å². The Bertz CT molecular complexity index is 528. The van der Waals surface area contributed by atoms with Gasteiger partial charge in [0.2, 0.25) is 5.91 Å². The summed E-state index contributed by atoms with van der Waals surface area (Å²) >= 11 is 1.55. The molecule has 5 heteroatoms. The standard InChI is InChI=1S/C16H21NO3S/c1-4-9-21-11-15(18)17-16(2,3)12-5-6-13-14(10-12)20-8-7-19-13/h4-6,10H,1,7-9,11H2,2-3H3,(H,17,18). The fraction of sp³-hybridized carbons (Fsp3) is 0.438. The van der Waals surface area contributed by atoms with Gasteiger partial charge in [-0.15, -0.1) is 18.3 Å². The Morgan fingerprint density at radius 2 is 2.10 bits per heavy atom. The van der Waals surface area contributed by atoms with Crippen molar-refractivity contribution in [2.45, 2.75) is 19.4 Å². The smallest absolute Gasteiger partial charge is 0.230 e. The summed E-state index contributed by atoms with van der Waals surface area (Å²) in [5.74, 6) is 2.72. The number of ether oxygens (including phenoxy) is 2. The zero-order valence-electron chi connectivity index (χ0n) is 12.5. The normalized spacial score (nSPS) is 13.6. The van der Waals surface area contributed by atoms with Gasteiger partial charge in [-0.2, -0.15) is 0 Å². The fourth-order valence-corrected chi connectivity index (χ4v) is 2.67. The summed E-state index contributed by atoms with van der Waals surface area (Å²) in [5, 5.41) is 3.05. The maximum Gasteiger partial charge on any atom is 0.230 e. The number of rotatable bonds is 6. The number of benzene rings is 1. The van der Waals surface area contributed by atoms with Gasteiger partial charge in [0.05, 0.1) is 11.3 Å². The van der Waals surface area contributed by atoms with Gasteiger partial charge in [-0.3, -0.25) is 4.79 Å². The van der Waals surface area contributed by atoms with Crippen molar-refractivity contribution >= 4 is 17.7 Å². The van der Waals surface area contributed by atoms with E-state index in [2.05, 4.69) is 11.9 Å². The first-order valence-electron chi connectivity index (χ1n) is 6.93. The molecule has 4 nitrogen and oxygen atoms in total. The third-order valence-electron chi connectivity index (χ3n) is 3.18. The molecule has 0 aliphatic carbocycles. The van der Waals surface area contributed by atoms with E-state index in [1.807, 2.05) is 32.0 Å². The van der Waals surface area contributed by atoms with Crippen molar-refractivity contribution in [1.82, 2.24) is 5.32 Å². The van der Waals surface area contributed by atoms with Gasteiger partial charge in [0.1, 0.15) is 13.2 Å². The zero-order valence-corrected chi connectivity index (χ0v) is 13.3. The minimum atomic E-state index is -0.457. The largest absolute Gasteiger partial charge is 0.486 e. The number of carbonyl (C=O) groups is 1. The van der Waals surface area contributed by atoms with E-state index in [9.17, 15) is 4.79 Å². The second kappa shape index (κ2) is 6.89. The van der Waals surface area contributed by atoms with Gasteiger partial charge in [-0.05, 0) is 31.5 Å². The lowest BCUT2D eigenvalue weighted by atomic mass is 9.93. The number of hydrogen-bond acceptors (Lipinski definition) is 4. The lowest BCUT2D eigenvalue weighted by Crippen LogP contribution is -2.42. The minimum absolute atomic E-state index is 0.0155. The number of carbonyl (C=O) groups excluding carboxylic acids is 1. The molecular formula is C16H21NO3S. The third-order valence-corrected chi connectivity index (χ3v) is 4.12. The molecular weight excluding hydrogens is 286 g/mol. The van der Waals surface area contributed by atoms with Crippen molar-refractivity contribution < 1.29 is 14.3 Å². The first-order chi connectivity index (χ1) is 10.0. The Balaban J connectivity index is 2.04. The van der Waals surface area contributed by atoms with E-state index in [0.29, 0.717) is 19.0 Å². The van der Waals surface area contributed by atoms with Gasteiger partial charge >= 0.3 is 0 Å². The quantitative estimate of drug-likeness (QED) is 0.648. The summed E-state index contributed by atoms with van der Waals surface area (Å²) in [7, 11) is 0.